The molecule has 0 aromatic heterocycles. The zero-order chi connectivity index (χ0) is 22.4. The van der Waals surface area contributed by atoms with Crippen LogP contribution in [0.15, 0.2) is 78.9 Å². The van der Waals surface area contributed by atoms with Gasteiger partial charge in [-0.2, -0.15) is 0 Å². The molecular weight excluding hydrogens is 402 g/mol. The molecule has 0 radical (unpaired) electrons. The molecule has 1 heterocycles. The Morgan fingerprint density at radius 1 is 0.875 bits per heavy atom. The molecule has 2 atom stereocenters. The summed E-state index contributed by atoms with van der Waals surface area (Å²) in [7, 11) is 3.29. The number of ether oxygens (including phenoxy) is 3. The van der Waals surface area contributed by atoms with Crippen molar-refractivity contribution in [2.75, 3.05) is 47.1 Å². The zero-order valence-electron chi connectivity index (χ0n) is 18.7. The smallest absolute Gasteiger partial charge is 0.126 e. The van der Waals surface area contributed by atoms with E-state index in [0.29, 0.717) is 25.5 Å². The van der Waals surface area contributed by atoms with E-state index in [1.54, 1.807) is 14.2 Å². The highest BCUT2D eigenvalue weighted by molar-refractivity contribution is 5.49. The molecular formula is C27H31NO4. The first-order valence-corrected chi connectivity index (χ1v) is 11.0. The quantitative estimate of drug-likeness (QED) is 0.581. The monoisotopic (exact) mass is 433 g/mol. The van der Waals surface area contributed by atoms with Crippen LogP contribution in [0, 0.1) is 0 Å². The summed E-state index contributed by atoms with van der Waals surface area (Å²) >= 11 is 0. The highest BCUT2D eigenvalue weighted by atomic mass is 16.5. The molecule has 1 aliphatic heterocycles. The van der Waals surface area contributed by atoms with E-state index in [9.17, 15) is 5.11 Å². The second kappa shape index (κ2) is 10.2. The van der Waals surface area contributed by atoms with Crippen LogP contribution in [-0.2, 0) is 10.3 Å². The van der Waals surface area contributed by atoms with E-state index >= 15 is 0 Å². The molecule has 4 rings (SSSR count). The Morgan fingerprint density at radius 3 is 2.19 bits per heavy atom. The molecule has 1 N–H and O–H groups in total. The van der Waals surface area contributed by atoms with Gasteiger partial charge in [0.25, 0.3) is 0 Å². The van der Waals surface area contributed by atoms with Crippen LogP contribution in [-0.4, -0.2) is 57.1 Å². The minimum Gasteiger partial charge on any atom is -0.497 e. The number of aliphatic hydroxyl groups is 1. The topological polar surface area (TPSA) is 51.2 Å². The van der Waals surface area contributed by atoms with Crippen LogP contribution >= 0.6 is 0 Å². The Hall–Kier alpha value is -2.86. The van der Waals surface area contributed by atoms with E-state index in [4.69, 9.17) is 14.2 Å². The highest BCUT2D eigenvalue weighted by Gasteiger charge is 2.44. The fourth-order valence-corrected chi connectivity index (χ4v) is 4.56. The number of rotatable bonds is 8. The third kappa shape index (κ3) is 4.51. The molecule has 0 bridgehead atoms. The minimum absolute atomic E-state index is 0.230. The number of methoxy groups -OCH3 is 2. The molecule has 0 spiro atoms. The molecule has 5 nitrogen and oxygen atoms in total. The van der Waals surface area contributed by atoms with Crippen LogP contribution in [0.2, 0.25) is 0 Å². The van der Waals surface area contributed by atoms with Crippen LogP contribution in [0.5, 0.6) is 11.5 Å². The van der Waals surface area contributed by atoms with Crippen LogP contribution in [0.1, 0.15) is 22.6 Å². The molecule has 1 saturated heterocycles. The van der Waals surface area contributed by atoms with Gasteiger partial charge in [0.2, 0.25) is 0 Å². The maximum atomic E-state index is 12.7. The summed E-state index contributed by atoms with van der Waals surface area (Å²) in [6.07, 6.45) is 0. The first-order valence-electron chi connectivity index (χ1n) is 11.0. The largest absolute Gasteiger partial charge is 0.497 e. The molecule has 3 aromatic carbocycles. The lowest BCUT2D eigenvalue weighted by Crippen LogP contribution is -2.45. The predicted molar refractivity (Wildman–Crippen MR) is 125 cm³/mol. The SMILES string of the molecule is COc1ccc([C@](O)(c2ccccc2OC)[C@H](CN2CCOCC2)c2ccccc2)cc1. The van der Waals surface area contributed by atoms with Crippen molar-refractivity contribution < 1.29 is 19.3 Å². The number of morpholine rings is 1. The van der Waals surface area contributed by atoms with Crippen LogP contribution in [0.3, 0.4) is 0 Å². The molecule has 1 aliphatic rings. The van der Waals surface area contributed by atoms with Gasteiger partial charge in [0, 0.05) is 31.1 Å². The summed E-state index contributed by atoms with van der Waals surface area (Å²) in [5, 5.41) is 12.7. The molecule has 0 unspecified atom stereocenters. The van der Waals surface area contributed by atoms with Crippen molar-refractivity contribution >= 4 is 0 Å². The third-order valence-electron chi connectivity index (χ3n) is 6.30. The Balaban J connectivity index is 1.89. The molecule has 5 heteroatoms. The van der Waals surface area contributed by atoms with Gasteiger partial charge in [0.05, 0.1) is 27.4 Å². The van der Waals surface area contributed by atoms with E-state index in [1.165, 1.54) is 0 Å². The summed E-state index contributed by atoms with van der Waals surface area (Å²) in [6.45, 7) is 3.78. The van der Waals surface area contributed by atoms with Crippen molar-refractivity contribution in [3.63, 3.8) is 0 Å². The Bertz CT molecular complexity index is 986. The molecule has 3 aromatic rings. The number of benzene rings is 3. The Morgan fingerprint density at radius 2 is 1.53 bits per heavy atom. The van der Waals surface area contributed by atoms with Crippen molar-refractivity contribution in [1.82, 2.24) is 4.90 Å². The van der Waals surface area contributed by atoms with Crippen molar-refractivity contribution in [2.45, 2.75) is 11.5 Å². The van der Waals surface area contributed by atoms with E-state index in [2.05, 4.69) is 17.0 Å². The summed E-state index contributed by atoms with van der Waals surface area (Å²) < 4.78 is 16.7. The lowest BCUT2D eigenvalue weighted by molar-refractivity contribution is -0.000149. The minimum atomic E-state index is -1.32. The standard InChI is InChI=1S/C27H31NO4/c1-30-23-14-12-22(13-15-23)27(29,24-10-6-7-11-26(24)31-2)25(21-8-4-3-5-9-21)20-28-16-18-32-19-17-28/h3-15,25,29H,16-20H2,1-2H3/t25-,27+/m1/s1. The summed E-state index contributed by atoms with van der Waals surface area (Å²) in [4.78, 5) is 2.37. The van der Waals surface area contributed by atoms with E-state index in [0.717, 1.165) is 35.5 Å². The van der Waals surface area contributed by atoms with Crippen molar-refractivity contribution in [3.05, 3.63) is 95.6 Å². The number of hydrogen-bond acceptors (Lipinski definition) is 5. The van der Waals surface area contributed by atoms with E-state index in [1.807, 2.05) is 66.7 Å². The van der Waals surface area contributed by atoms with Crippen LogP contribution < -0.4 is 9.47 Å². The third-order valence-corrected chi connectivity index (χ3v) is 6.30. The van der Waals surface area contributed by atoms with Crippen LogP contribution in [0.25, 0.3) is 0 Å². The summed E-state index contributed by atoms with van der Waals surface area (Å²) in [5.74, 6) is 1.18. The van der Waals surface area contributed by atoms with E-state index in [-0.39, 0.29) is 5.92 Å². The number of nitrogens with zero attached hydrogens (tertiary/aromatic N) is 1. The second-order valence-corrected chi connectivity index (χ2v) is 8.07. The maximum Gasteiger partial charge on any atom is 0.126 e. The predicted octanol–water partition coefficient (Wildman–Crippen LogP) is 4.06. The second-order valence-electron chi connectivity index (χ2n) is 8.07. The van der Waals surface area contributed by atoms with Crippen molar-refractivity contribution in [2.24, 2.45) is 0 Å². The number of hydrogen-bond donors (Lipinski definition) is 1. The van der Waals surface area contributed by atoms with Gasteiger partial charge in [-0.1, -0.05) is 60.7 Å². The van der Waals surface area contributed by atoms with E-state index < -0.39 is 5.60 Å². The summed E-state index contributed by atoms with van der Waals surface area (Å²) in [6, 6.07) is 25.7. The van der Waals surface area contributed by atoms with Gasteiger partial charge < -0.3 is 19.3 Å². The Kier molecular flexibility index (Phi) is 7.10. The number of para-hydroxylation sites is 1. The first kappa shape index (κ1) is 22.3. The molecule has 0 saturated carbocycles. The maximum absolute atomic E-state index is 12.7. The molecule has 168 valence electrons. The van der Waals surface area contributed by atoms with Gasteiger partial charge in [-0.3, -0.25) is 4.90 Å². The van der Waals surface area contributed by atoms with Gasteiger partial charge in [0.15, 0.2) is 0 Å². The van der Waals surface area contributed by atoms with Gasteiger partial charge in [-0.05, 0) is 29.3 Å². The molecule has 0 amide bonds. The fourth-order valence-electron chi connectivity index (χ4n) is 4.56. The van der Waals surface area contributed by atoms with Gasteiger partial charge in [-0.25, -0.2) is 0 Å². The Labute approximate surface area is 190 Å². The fraction of sp³-hybridized carbons (Fsp3) is 0.333. The normalized spacial score (nSPS) is 17.3. The van der Waals surface area contributed by atoms with Gasteiger partial charge in [0.1, 0.15) is 17.1 Å². The van der Waals surface area contributed by atoms with Crippen molar-refractivity contribution in [3.8, 4) is 11.5 Å². The lowest BCUT2D eigenvalue weighted by Gasteiger charge is -2.41. The average Bonchev–Trinajstić information content (AvgIpc) is 2.88. The summed E-state index contributed by atoms with van der Waals surface area (Å²) in [5.41, 5.74) is 1.29. The lowest BCUT2D eigenvalue weighted by atomic mass is 9.72. The average molecular weight is 434 g/mol. The van der Waals surface area contributed by atoms with Gasteiger partial charge in [-0.15, -0.1) is 0 Å². The molecule has 32 heavy (non-hydrogen) atoms. The van der Waals surface area contributed by atoms with Gasteiger partial charge >= 0.3 is 0 Å². The molecule has 0 aliphatic carbocycles. The molecule has 1 fully saturated rings. The van der Waals surface area contributed by atoms with Crippen molar-refractivity contribution in [1.29, 1.82) is 0 Å². The highest BCUT2D eigenvalue weighted by Crippen LogP contribution is 2.46. The van der Waals surface area contributed by atoms with Crippen LogP contribution in [0.4, 0.5) is 0 Å². The first-order chi connectivity index (χ1) is 15.7. The zero-order valence-corrected chi connectivity index (χ0v) is 18.7.